The standard InChI is InChI=1S/C22H24ClN3O7/c1-13(2)20(25-21(28)16-9-8-15(26(30)31)10-17(16)23)22(29)33-12-19(27)24-11-14-6-4-5-7-18(14)32-3/h4-10,13,20H,11-12H2,1-3H3,(H,24,27)(H,25,28)/t20-/m0/s1. The lowest BCUT2D eigenvalue weighted by Gasteiger charge is -2.21. The van der Waals surface area contributed by atoms with E-state index in [4.69, 9.17) is 21.1 Å². The highest BCUT2D eigenvalue weighted by Gasteiger charge is 2.28. The second-order valence-corrected chi connectivity index (χ2v) is 7.72. The summed E-state index contributed by atoms with van der Waals surface area (Å²) in [6.45, 7) is 3.02. The highest BCUT2D eigenvalue weighted by Crippen LogP contribution is 2.23. The smallest absolute Gasteiger partial charge is 0.329 e. The Kier molecular flexibility index (Phi) is 9.17. The number of amides is 2. The van der Waals surface area contributed by atoms with Crippen LogP contribution in [-0.4, -0.2) is 42.5 Å². The van der Waals surface area contributed by atoms with Crippen LogP contribution in [0.2, 0.25) is 5.02 Å². The average molecular weight is 478 g/mol. The van der Waals surface area contributed by atoms with Crippen LogP contribution < -0.4 is 15.4 Å². The largest absolute Gasteiger partial charge is 0.496 e. The number of hydrogen-bond acceptors (Lipinski definition) is 7. The van der Waals surface area contributed by atoms with Crippen molar-refractivity contribution in [2.75, 3.05) is 13.7 Å². The minimum Gasteiger partial charge on any atom is -0.496 e. The Labute approximate surface area is 195 Å². The first-order valence-electron chi connectivity index (χ1n) is 9.94. The predicted molar refractivity (Wildman–Crippen MR) is 120 cm³/mol. The molecule has 11 heteroatoms. The number of nitrogens with one attached hydrogen (secondary N) is 2. The van der Waals surface area contributed by atoms with Crippen molar-refractivity contribution in [2.24, 2.45) is 5.92 Å². The van der Waals surface area contributed by atoms with Gasteiger partial charge in [-0.3, -0.25) is 19.7 Å². The first-order valence-corrected chi connectivity index (χ1v) is 10.3. The third-order valence-corrected chi connectivity index (χ3v) is 4.94. The van der Waals surface area contributed by atoms with Gasteiger partial charge in [-0.05, 0) is 18.1 Å². The second-order valence-electron chi connectivity index (χ2n) is 7.31. The zero-order chi connectivity index (χ0) is 24.5. The summed E-state index contributed by atoms with van der Waals surface area (Å²) < 4.78 is 10.3. The van der Waals surface area contributed by atoms with E-state index >= 15 is 0 Å². The number of nitrogens with zero attached hydrogens (tertiary/aromatic N) is 1. The van der Waals surface area contributed by atoms with Crippen LogP contribution in [0, 0.1) is 16.0 Å². The van der Waals surface area contributed by atoms with Gasteiger partial charge in [0.05, 0.1) is 22.6 Å². The van der Waals surface area contributed by atoms with Crippen LogP contribution in [0.5, 0.6) is 5.75 Å². The molecule has 2 aromatic rings. The topological polar surface area (TPSA) is 137 Å². The molecule has 0 unspecified atom stereocenters. The summed E-state index contributed by atoms with van der Waals surface area (Å²) in [7, 11) is 1.52. The molecule has 0 aromatic heterocycles. The number of rotatable bonds is 10. The van der Waals surface area contributed by atoms with Crippen LogP contribution >= 0.6 is 11.6 Å². The molecule has 0 radical (unpaired) electrons. The van der Waals surface area contributed by atoms with Gasteiger partial charge in [0.25, 0.3) is 17.5 Å². The Balaban J connectivity index is 1.94. The molecule has 0 saturated heterocycles. The van der Waals surface area contributed by atoms with E-state index in [9.17, 15) is 24.5 Å². The van der Waals surface area contributed by atoms with Crippen LogP contribution in [0.4, 0.5) is 5.69 Å². The Morgan fingerprint density at radius 1 is 1.15 bits per heavy atom. The minimum atomic E-state index is -1.06. The van der Waals surface area contributed by atoms with Gasteiger partial charge < -0.3 is 20.1 Å². The van der Waals surface area contributed by atoms with Crippen LogP contribution in [0.1, 0.15) is 29.8 Å². The van der Waals surface area contributed by atoms with Crippen molar-refractivity contribution < 1.29 is 28.8 Å². The van der Waals surface area contributed by atoms with Gasteiger partial charge in [-0.25, -0.2) is 4.79 Å². The first kappa shape index (κ1) is 25.6. The lowest BCUT2D eigenvalue weighted by molar-refractivity contribution is -0.384. The molecule has 0 aliphatic carbocycles. The molecule has 0 saturated carbocycles. The van der Waals surface area contributed by atoms with Crippen molar-refractivity contribution in [1.82, 2.24) is 10.6 Å². The number of carbonyl (C=O) groups excluding carboxylic acids is 3. The molecule has 0 fully saturated rings. The van der Waals surface area contributed by atoms with Crippen molar-refractivity contribution in [3.8, 4) is 5.75 Å². The predicted octanol–water partition coefficient (Wildman–Crippen LogP) is 2.87. The zero-order valence-electron chi connectivity index (χ0n) is 18.3. The number of benzene rings is 2. The molecule has 0 heterocycles. The maximum atomic E-state index is 12.6. The van der Waals surface area contributed by atoms with E-state index in [-0.39, 0.29) is 28.7 Å². The van der Waals surface area contributed by atoms with Gasteiger partial charge in [0.1, 0.15) is 11.8 Å². The lowest BCUT2D eigenvalue weighted by Crippen LogP contribution is -2.46. The number of carbonyl (C=O) groups is 3. The summed E-state index contributed by atoms with van der Waals surface area (Å²) in [5.41, 5.74) is 0.456. The Hall–Kier alpha value is -3.66. The van der Waals surface area contributed by atoms with Crippen molar-refractivity contribution in [2.45, 2.75) is 26.4 Å². The summed E-state index contributed by atoms with van der Waals surface area (Å²) in [4.78, 5) is 47.3. The van der Waals surface area contributed by atoms with E-state index in [1.165, 1.54) is 13.2 Å². The number of nitro groups is 1. The first-order chi connectivity index (χ1) is 15.6. The average Bonchev–Trinajstić information content (AvgIpc) is 2.79. The third kappa shape index (κ3) is 7.18. The quantitative estimate of drug-likeness (QED) is 0.305. The maximum absolute atomic E-state index is 12.6. The summed E-state index contributed by atoms with van der Waals surface area (Å²) in [6.07, 6.45) is 0. The summed E-state index contributed by atoms with van der Waals surface area (Å²) in [5, 5.41) is 15.8. The molecule has 2 N–H and O–H groups in total. The Morgan fingerprint density at radius 3 is 2.45 bits per heavy atom. The molecule has 2 aromatic carbocycles. The number of hydrogen-bond donors (Lipinski definition) is 2. The van der Waals surface area contributed by atoms with Gasteiger partial charge in [-0.15, -0.1) is 0 Å². The second kappa shape index (κ2) is 11.8. The van der Waals surface area contributed by atoms with Crippen molar-refractivity contribution >= 4 is 35.1 Å². The minimum absolute atomic E-state index is 0.0322. The molecular weight excluding hydrogens is 454 g/mol. The fraction of sp³-hybridized carbons (Fsp3) is 0.318. The third-order valence-electron chi connectivity index (χ3n) is 4.63. The fourth-order valence-electron chi connectivity index (χ4n) is 2.84. The zero-order valence-corrected chi connectivity index (χ0v) is 19.0. The highest BCUT2D eigenvalue weighted by atomic mass is 35.5. The van der Waals surface area contributed by atoms with E-state index in [1.807, 2.05) is 0 Å². The molecule has 1 atom stereocenters. The van der Waals surface area contributed by atoms with E-state index in [0.29, 0.717) is 5.75 Å². The number of esters is 1. The lowest BCUT2D eigenvalue weighted by atomic mass is 10.0. The molecule has 33 heavy (non-hydrogen) atoms. The molecule has 10 nitrogen and oxygen atoms in total. The Bertz CT molecular complexity index is 1040. The van der Waals surface area contributed by atoms with Crippen LogP contribution in [-0.2, 0) is 20.9 Å². The molecule has 176 valence electrons. The van der Waals surface area contributed by atoms with Crippen LogP contribution in [0.25, 0.3) is 0 Å². The van der Waals surface area contributed by atoms with Crippen LogP contribution in [0.3, 0.4) is 0 Å². The summed E-state index contributed by atoms with van der Waals surface area (Å²) in [6, 6.07) is 9.47. The number of para-hydroxylation sites is 1. The molecular formula is C22H24ClN3O7. The van der Waals surface area contributed by atoms with Gasteiger partial charge in [-0.1, -0.05) is 43.6 Å². The number of methoxy groups -OCH3 is 1. The fourth-order valence-corrected chi connectivity index (χ4v) is 3.10. The maximum Gasteiger partial charge on any atom is 0.329 e. The van der Waals surface area contributed by atoms with E-state index < -0.39 is 35.4 Å². The number of nitro benzene ring substituents is 1. The monoisotopic (exact) mass is 477 g/mol. The van der Waals surface area contributed by atoms with E-state index in [1.54, 1.807) is 38.1 Å². The van der Waals surface area contributed by atoms with Crippen molar-refractivity contribution in [3.05, 3.63) is 68.7 Å². The van der Waals surface area contributed by atoms with Gasteiger partial charge in [0, 0.05) is 24.2 Å². The molecule has 0 aliphatic rings. The van der Waals surface area contributed by atoms with Gasteiger partial charge >= 0.3 is 5.97 Å². The number of ether oxygens (including phenoxy) is 2. The molecule has 0 bridgehead atoms. The molecule has 0 spiro atoms. The van der Waals surface area contributed by atoms with Gasteiger partial charge in [0.2, 0.25) is 0 Å². The molecule has 2 rings (SSSR count). The number of halogens is 1. The summed E-state index contributed by atoms with van der Waals surface area (Å²) >= 11 is 5.98. The van der Waals surface area contributed by atoms with Crippen molar-refractivity contribution in [3.63, 3.8) is 0 Å². The van der Waals surface area contributed by atoms with Crippen molar-refractivity contribution in [1.29, 1.82) is 0 Å². The Morgan fingerprint density at radius 2 is 1.85 bits per heavy atom. The SMILES string of the molecule is COc1ccccc1CNC(=O)COC(=O)[C@@H](NC(=O)c1ccc([N+](=O)[O-])cc1Cl)C(C)C. The van der Waals surface area contributed by atoms with E-state index in [0.717, 1.165) is 17.7 Å². The highest BCUT2D eigenvalue weighted by molar-refractivity contribution is 6.34. The molecule has 2 amide bonds. The van der Waals surface area contributed by atoms with Crippen LogP contribution in [0.15, 0.2) is 42.5 Å². The summed E-state index contributed by atoms with van der Waals surface area (Å²) in [5.74, 6) is -1.78. The normalized spacial score (nSPS) is 11.4. The van der Waals surface area contributed by atoms with Gasteiger partial charge in [-0.2, -0.15) is 0 Å². The van der Waals surface area contributed by atoms with E-state index in [2.05, 4.69) is 10.6 Å². The molecule has 0 aliphatic heterocycles. The number of non-ortho nitro benzene ring substituents is 1. The van der Waals surface area contributed by atoms with Gasteiger partial charge in [0.15, 0.2) is 6.61 Å².